The average Bonchev–Trinajstić information content (AvgIpc) is 3.47. The van der Waals surface area contributed by atoms with Crippen LogP contribution >= 0.6 is 0 Å². The summed E-state index contributed by atoms with van der Waals surface area (Å²) in [4.78, 5) is 15.4. The van der Waals surface area contributed by atoms with Crippen LogP contribution in [0.2, 0.25) is 0 Å². The molecule has 13 rings (SSSR count). The fourth-order valence-corrected chi connectivity index (χ4v) is 10.4. The van der Waals surface area contributed by atoms with E-state index in [1.165, 1.54) is 43.1 Å². The smallest absolute Gasteiger partial charge is 0.164 e. The normalized spacial score (nSPS) is 11.3. The van der Waals surface area contributed by atoms with Crippen molar-refractivity contribution in [2.24, 2.45) is 0 Å². The van der Waals surface area contributed by atoms with Gasteiger partial charge in [-0.1, -0.05) is 224 Å². The maximum absolute atomic E-state index is 10.7. The van der Waals surface area contributed by atoms with E-state index in [4.69, 9.17) is 15.0 Å². The highest BCUT2D eigenvalue weighted by Crippen LogP contribution is 2.42. The highest BCUT2D eigenvalue weighted by molar-refractivity contribution is 6.25. The number of nitriles is 1. The lowest BCUT2D eigenvalue weighted by Gasteiger charge is -2.16. The average molecular weight is 915 g/mol. The molecule has 0 amide bonds. The van der Waals surface area contributed by atoms with Gasteiger partial charge in [-0.05, 0) is 123 Å². The molecule has 72 heavy (non-hydrogen) atoms. The maximum Gasteiger partial charge on any atom is 0.164 e. The standard InChI is InChI=1S/C68H42N4/c69-43-54-36-35-53(42-64(54)57-23-8-6-21-55(57)52-20-14-19-49(40-52)51-37-38-62-60-26-10-9-24-58(60)59-25-11-12-27-61(59)65(62)41-51)56-22-7-13-28-63(56)68-71-66(46-16-2-1-3-17-46)70-67(72-68)47-32-29-45(30-33-47)50-34-31-44-15-4-5-18-48(44)39-50/h1-42H. The lowest BCUT2D eigenvalue weighted by molar-refractivity contribution is 1.07. The predicted octanol–water partition coefficient (Wildman–Crippen LogP) is 17.7. The first kappa shape index (κ1) is 42.3. The predicted molar refractivity (Wildman–Crippen MR) is 298 cm³/mol. The van der Waals surface area contributed by atoms with Crippen molar-refractivity contribution in [2.45, 2.75) is 0 Å². The lowest BCUT2D eigenvalue weighted by Crippen LogP contribution is -2.01. The fourth-order valence-electron chi connectivity index (χ4n) is 10.4. The van der Waals surface area contributed by atoms with Crippen LogP contribution in [0.15, 0.2) is 255 Å². The molecule has 0 aliphatic heterocycles. The maximum atomic E-state index is 10.7. The molecule has 4 nitrogen and oxygen atoms in total. The second-order valence-corrected chi connectivity index (χ2v) is 18.2. The second-order valence-electron chi connectivity index (χ2n) is 18.2. The van der Waals surface area contributed by atoms with Crippen LogP contribution in [0.4, 0.5) is 0 Å². The topological polar surface area (TPSA) is 62.5 Å². The molecule has 0 N–H and O–H groups in total. The molecular formula is C68H42N4. The molecule has 0 radical (unpaired) electrons. The van der Waals surface area contributed by atoms with Crippen molar-refractivity contribution in [1.82, 2.24) is 15.0 Å². The van der Waals surface area contributed by atoms with Crippen LogP contribution < -0.4 is 0 Å². The minimum atomic E-state index is 0.561. The summed E-state index contributed by atoms with van der Waals surface area (Å²) in [6.45, 7) is 0. The molecule has 1 aromatic heterocycles. The summed E-state index contributed by atoms with van der Waals surface area (Å²) in [6, 6.07) is 91.8. The molecule has 0 unspecified atom stereocenters. The molecule has 0 aliphatic carbocycles. The zero-order valence-corrected chi connectivity index (χ0v) is 39.0. The molecule has 0 atom stereocenters. The van der Waals surface area contributed by atoms with E-state index < -0.39 is 0 Å². The minimum absolute atomic E-state index is 0.561. The molecule has 0 saturated carbocycles. The van der Waals surface area contributed by atoms with Gasteiger partial charge < -0.3 is 0 Å². The van der Waals surface area contributed by atoms with Gasteiger partial charge in [0.05, 0.1) is 11.6 Å². The molecule has 0 bridgehead atoms. The highest BCUT2D eigenvalue weighted by atomic mass is 15.0. The number of hydrogen-bond donors (Lipinski definition) is 0. The second kappa shape index (κ2) is 17.9. The Balaban J connectivity index is 0.888. The molecule has 0 aliphatic rings. The first-order valence-electron chi connectivity index (χ1n) is 24.2. The number of aromatic nitrogens is 3. The molecular weight excluding hydrogens is 873 g/mol. The number of fused-ring (bicyclic) bond motifs is 7. The summed E-state index contributed by atoms with van der Waals surface area (Å²) in [5.74, 6) is 1.73. The van der Waals surface area contributed by atoms with Crippen LogP contribution in [-0.4, -0.2) is 15.0 Å². The highest BCUT2D eigenvalue weighted by Gasteiger charge is 2.19. The minimum Gasteiger partial charge on any atom is -0.208 e. The summed E-state index contributed by atoms with van der Waals surface area (Å²) in [6.07, 6.45) is 0. The van der Waals surface area contributed by atoms with Gasteiger partial charge in [-0.2, -0.15) is 5.26 Å². The van der Waals surface area contributed by atoms with Gasteiger partial charge in [-0.3, -0.25) is 0 Å². The molecule has 0 saturated heterocycles. The van der Waals surface area contributed by atoms with Crippen molar-refractivity contribution >= 4 is 43.1 Å². The van der Waals surface area contributed by atoms with Gasteiger partial charge in [0.25, 0.3) is 0 Å². The van der Waals surface area contributed by atoms with Gasteiger partial charge in [0.2, 0.25) is 0 Å². The summed E-state index contributed by atoms with van der Waals surface area (Å²) in [5, 5.41) is 20.6. The Morgan fingerprint density at radius 2 is 0.681 bits per heavy atom. The van der Waals surface area contributed by atoms with Crippen molar-refractivity contribution in [3.8, 4) is 95.9 Å². The molecule has 0 fully saturated rings. The zero-order valence-electron chi connectivity index (χ0n) is 39.0. The molecule has 334 valence electrons. The van der Waals surface area contributed by atoms with E-state index in [0.29, 0.717) is 23.0 Å². The Morgan fingerprint density at radius 3 is 1.39 bits per heavy atom. The number of hydrogen-bond acceptors (Lipinski definition) is 4. The largest absolute Gasteiger partial charge is 0.208 e. The number of nitrogens with zero attached hydrogens (tertiary/aromatic N) is 4. The van der Waals surface area contributed by atoms with E-state index in [0.717, 1.165) is 72.3 Å². The van der Waals surface area contributed by atoms with Gasteiger partial charge in [-0.15, -0.1) is 0 Å². The van der Waals surface area contributed by atoms with Crippen molar-refractivity contribution in [2.75, 3.05) is 0 Å². The molecule has 13 aromatic rings. The molecule has 1 heterocycles. The fraction of sp³-hybridized carbons (Fsp3) is 0. The summed E-state index contributed by atoms with van der Waals surface area (Å²) >= 11 is 0. The van der Waals surface area contributed by atoms with Crippen LogP contribution in [0.25, 0.3) is 133 Å². The first-order valence-corrected chi connectivity index (χ1v) is 24.2. The van der Waals surface area contributed by atoms with Gasteiger partial charge >= 0.3 is 0 Å². The van der Waals surface area contributed by atoms with Crippen LogP contribution in [0.3, 0.4) is 0 Å². The number of rotatable bonds is 8. The van der Waals surface area contributed by atoms with E-state index in [9.17, 15) is 5.26 Å². The SMILES string of the molecule is N#Cc1ccc(-c2ccccc2-c2nc(-c3ccccc3)nc(-c3ccc(-c4ccc5ccccc5c4)cc3)n2)cc1-c1ccccc1-c1cccc(-c2ccc3c4ccccc4c4ccccc4c3c2)c1. The molecule has 12 aromatic carbocycles. The first-order chi connectivity index (χ1) is 35.6. The molecule has 4 heteroatoms. The van der Waals surface area contributed by atoms with Crippen LogP contribution in [0, 0.1) is 11.3 Å². The lowest BCUT2D eigenvalue weighted by atomic mass is 9.88. The van der Waals surface area contributed by atoms with E-state index in [-0.39, 0.29) is 0 Å². The van der Waals surface area contributed by atoms with E-state index in [2.05, 4.69) is 206 Å². The monoisotopic (exact) mass is 914 g/mol. The van der Waals surface area contributed by atoms with Crippen LogP contribution in [0.1, 0.15) is 5.56 Å². The zero-order chi connectivity index (χ0) is 48.0. The number of benzene rings is 12. The third-order valence-corrected chi connectivity index (χ3v) is 14.0. The van der Waals surface area contributed by atoms with Crippen molar-refractivity contribution < 1.29 is 0 Å². The van der Waals surface area contributed by atoms with Gasteiger partial charge in [-0.25, -0.2) is 15.0 Å². The van der Waals surface area contributed by atoms with Gasteiger partial charge in [0.15, 0.2) is 17.5 Å². The molecule has 0 spiro atoms. The summed E-state index contributed by atoms with van der Waals surface area (Å²) in [7, 11) is 0. The van der Waals surface area contributed by atoms with Crippen LogP contribution in [0.5, 0.6) is 0 Å². The summed E-state index contributed by atoms with van der Waals surface area (Å²) in [5.41, 5.74) is 13.6. The summed E-state index contributed by atoms with van der Waals surface area (Å²) < 4.78 is 0. The van der Waals surface area contributed by atoms with E-state index in [1.54, 1.807) is 0 Å². The van der Waals surface area contributed by atoms with Gasteiger partial charge in [0.1, 0.15) is 0 Å². The Bertz CT molecular complexity index is 4250. The van der Waals surface area contributed by atoms with Crippen molar-refractivity contribution in [3.63, 3.8) is 0 Å². The third-order valence-electron chi connectivity index (χ3n) is 14.0. The Hall–Kier alpha value is -9.82. The van der Waals surface area contributed by atoms with Crippen LogP contribution in [-0.2, 0) is 0 Å². The third kappa shape index (κ3) is 7.63. The Labute approximate surface area is 417 Å². The van der Waals surface area contributed by atoms with Crippen molar-refractivity contribution in [3.05, 3.63) is 260 Å². The van der Waals surface area contributed by atoms with Gasteiger partial charge in [0, 0.05) is 22.3 Å². The van der Waals surface area contributed by atoms with E-state index >= 15 is 0 Å². The van der Waals surface area contributed by atoms with E-state index in [1.807, 2.05) is 54.6 Å². The Kier molecular flexibility index (Phi) is 10.5. The quantitative estimate of drug-likeness (QED) is 0.143. The van der Waals surface area contributed by atoms with Crippen molar-refractivity contribution in [1.29, 1.82) is 5.26 Å². The Morgan fingerprint density at radius 1 is 0.236 bits per heavy atom.